The summed E-state index contributed by atoms with van der Waals surface area (Å²) in [5, 5.41) is 6.94. The molecule has 0 radical (unpaired) electrons. The highest BCUT2D eigenvalue weighted by Crippen LogP contribution is 2.37. The average Bonchev–Trinajstić information content (AvgIpc) is 3.01. The third-order valence-corrected chi connectivity index (χ3v) is 9.17. The van der Waals surface area contributed by atoms with Crippen LogP contribution in [0.25, 0.3) is 11.8 Å². The molecule has 2 aromatic carbocycles. The molecular weight excluding hydrogens is 488 g/mol. The van der Waals surface area contributed by atoms with Crippen LogP contribution < -0.4 is 10.6 Å². The Morgan fingerprint density at radius 3 is 2.50 bits per heavy atom. The maximum absolute atomic E-state index is 13.8. The van der Waals surface area contributed by atoms with Gasteiger partial charge in [0.1, 0.15) is 0 Å². The molecule has 2 aromatic rings. The van der Waals surface area contributed by atoms with E-state index in [1.165, 1.54) is 17.5 Å². The summed E-state index contributed by atoms with van der Waals surface area (Å²) >= 11 is 0. The molecule has 1 saturated carbocycles. The Morgan fingerprint density at radius 1 is 1.02 bits per heavy atom. The van der Waals surface area contributed by atoms with E-state index in [9.17, 15) is 4.79 Å². The molecule has 2 aliphatic rings. The lowest BCUT2D eigenvalue weighted by atomic mass is 9.72. The molecule has 0 heterocycles. The van der Waals surface area contributed by atoms with Crippen LogP contribution in [0.5, 0.6) is 0 Å². The van der Waals surface area contributed by atoms with Gasteiger partial charge in [0, 0.05) is 18.8 Å². The van der Waals surface area contributed by atoms with Gasteiger partial charge in [-0.1, -0.05) is 124 Å². The average molecular weight is 537 g/mol. The van der Waals surface area contributed by atoms with E-state index in [0.29, 0.717) is 30.8 Å². The summed E-state index contributed by atoms with van der Waals surface area (Å²) in [6.07, 6.45) is 21.7. The molecule has 3 atom stereocenters. The van der Waals surface area contributed by atoms with Crippen LogP contribution >= 0.6 is 0 Å². The lowest BCUT2D eigenvalue weighted by Crippen LogP contribution is -2.48. The van der Waals surface area contributed by atoms with Gasteiger partial charge in [-0.05, 0) is 73.5 Å². The minimum Gasteiger partial charge on any atom is -0.384 e. The van der Waals surface area contributed by atoms with Crippen molar-refractivity contribution < 1.29 is 4.79 Å². The van der Waals surface area contributed by atoms with Crippen LogP contribution in [0, 0.1) is 23.2 Å². The van der Waals surface area contributed by atoms with Gasteiger partial charge < -0.3 is 10.6 Å². The van der Waals surface area contributed by atoms with Gasteiger partial charge in [-0.15, -0.1) is 0 Å². The highest BCUT2D eigenvalue weighted by Gasteiger charge is 2.39. The van der Waals surface area contributed by atoms with E-state index in [2.05, 4.69) is 104 Å². The van der Waals surface area contributed by atoms with Crippen molar-refractivity contribution in [1.29, 1.82) is 0 Å². The SMILES string of the molecule is C=C(NCC1(C(=O)NCC[C@@H](Cc2ccccc2/C=C/C)C(C)[C@@H]2C=CC=CC2)CCCCC1)c1ccccc1. The highest BCUT2D eigenvalue weighted by molar-refractivity contribution is 5.83. The number of amides is 1. The second kappa shape index (κ2) is 14.9. The molecule has 0 aromatic heterocycles. The summed E-state index contributed by atoms with van der Waals surface area (Å²) in [5.41, 5.74) is 4.30. The van der Waals surface area contributed by atoms with Crippen molar-refractivity contribution in [3.8, 4) is 0 Å². The van der Waals surface area contributed by atoms with Crippen LogP contribution in [0.4, 0.5) is 0 Å². The fourth-order valence-electron chi connectivity index (χ4n) is 6.52. The number of benzene rings is 2. The van der Waals surface area contributed by atoms with Crippen molar-refractivity contribution in [3.05, 3.63) is 108 Å². The van der Waals surface area contributed by atoms with Crippen molar-refractivity contribution in [3.63, 3.8) is 0 Å². The van der Waals surface area contributed by atoms with E-state index in [-0.39, 0.29) is 11.3 Å². The third-order valence-electron chi connectivity index (χ3n) is 9.17. The predicted octanol–water partition coefficient (Wildman–Crippen LogP) is 8.36. The molecule has 2 aliphatic carbocycles. The fourth-order valence-corrected chi connectivity index (χ4v) is 6.52. The Balaban J connectivity index is 1.42. The molecule has 4 rings (SSSR count). The topological polar surface area (TPSA) is 41.1 Å². The molecule has 0 bridgehead atoms. The third kappa shape index (κ3) is 7.87. The molecule has 3 heteroatoms. The summed E-state index contributed by atoms with van der Waals surface area (Å²) in [4.78, 5) is 13.8. The Hall–Kier alpha value is -3.33. The number of rotatable bonds is 13. The first-order chi connectivity index (χ1) is 19.5. The van der Waals surface area contributed by atoms with Crippen LogP contribution in [0.1, 0.15) is 75.5 Å². The van der Waals surface area contributed by atoms with Crippen molar-refractivity contribution >= 4 is 17.7 Å². The molecule has 0 saturated heterocycles. The second-order valence-electron chi connectivity index (χ2n) is 11.8. The Morgan fingerprint density at radius 2 is 1.77 bits per heavy atom. The molecule has 40 heavy (non-hydrogen) atoms. The first kappa shape index (κ1) is 29.6. The zero-order valence-corrected chi connectivity index (χ0v) is 24.6. The lowest BCUT2D eigenvalue weighted by molar-refractivity contribution is -0.132. The van der Waals surface area contributed by atoms with Crippen molar-refractivity contribution in [2.75, 3.05) is 13.1 Å². The number of allylic oxidation sites excluding steroid dienone is 5. The first-order valence-electron chi connectivity index (χ1n) is 15.3. The molecule has 3 nitrogen and oxygen atoms in total. The molecule has 1 unspecified atom stereocenters. The van der Waals surface area contributed by atoms with Gasteiger partial charge >= 0.3 is 0 Å². The van der Waals surface area contributed by atoms with E-state index in [1.54, 1.807) is 0 Å². The van der Waals surface area contributed by atoms with Crippen LogP contribution in [-0.4, -0.2) is 19.0 Å². The summed E-state index contributed by atoms with van der Waals surface area (Å²) in [6.45, 7) is 10.1. The number of nitrogens with one attached hydrogen (secondary N) is 2. The Kier molecular flexibility index (Phi) is 11.0. The summed E-state index contributed by atoms with van der Waals surface area (Å²) < 4.78 is 0. The molecule has 1 amide bonds. The number of carbonyl (C=O) groups is 1. The minimum atomic E-state index is -0.369. The Bertz CT molecular complexity index is 1190. The summed E-state index contributed by atoms with van der Waals surface area (Å²) in [7, 11) is 0. The summed E-state index contributed by atoms with van der Waals surface area (Å²) in [5.74, 6) is 1.75. The summed E-state index contributed by atoms with van der Waals surface area (Å²) in [6, 6.07) is 19.0. The van der Waals surface area contributed by atoms with Crippen LogP contribution in [0.3, 0.4) is 0 Å². The number of hydrogen-bond acceptors (Lipinski definition) is 2. The van der Waals surface area contributed by atoms with Crippen LogP contribution in [0.2, 0.25) is 0 Å². The highest BCUT2D eigenvalue weighted by atomic mass is 16.2. The van der Waals surface area contributed by atoms with E-state index in [0.717, 1.165) is 56.2 Å². The van der Waals surface area contributed by atoms with Crippen molar-refractivity contribution in [1.82, 2.24) is 10.6 Å². The van der Waals surface area contributed by atoms with Gasteiger partial charge in [-0.25, -0.2) is 0 Å². The zero-order valence-electron chi connectivity index (χ0n) is 24.6. The van der Waals surface area contributed by atoms with E-state index in [4.69, 9.17) is 0 Å². The molecule has 0 spiro atoms. The predicted molar refractivity (Wildman–Crippen MR) is 171 cm³/mol. The Labute approximate surface area is 242 Å². The normalized spacial score (nSPS) is 19.7. The van der Waals surface area contributed by atoms with E-state index in [1.807, 2.05) is 18.2 Å². The van der Waals surface area contributed by atoms with Gasteiger partial charge in [0.15, 0.2) is 0 Å². The molecule has 1 fully saturated rings. The number of carbonyl (C=O) groups excluding carboxylic acids is 1. The smallest absolute Gasteiger partial charge is 0.228 e. The molecule has 0 aliphatic heterocycles. The standard InChI is InChI=1S/C37H48N2O/c1-4-16-33-21-12-13-22-35(33)27-34(29(2)31-17-8-5-9-18-31)23-26-38-36(40)37(24-14-7-15-25-37)28-39-30(3)32-19-10-6-11-20-32/h4-6,8-13,16-17,19-22,29,31,34,39H,3,7,14-15,18,23-28H2,1-2H3,(H,38,40)/b16-4+/t29?,31-,34+/m1/s1. The largest absolute Gasteiger partial charge is 0.384 e. The van der Waals surface area contributed by atoms with Crippen molar-refractivity contribution in [2.45, 2.75) is 65.2 Å². The lowest BCUT2D eigenvalue weighted by Gasteiger charge is -2.37. The van der Waals surface area contributed by atoms with Crippen LogP contribution in [0.15, 0.2) is 91.6 Å². The van der Waals surface area contributed by atoms with Gasteiger partial charge in [0.2, 0.25) is 5.91 Å². The molecule has 212 valence electrons. The fraction of sp³-hybridized carbons (Fsp3) is 0.432. The first-order valence-corrected chi connectivity index (χ1v) is 15.3. The maximum atomic E-state index is 13.8. The van der Waals surface area contributed by atoms with Crippen LogP contribution in [-0.2, 0) is 11.2 Å². The van der Waals surface area contributed by atoms with Gasteiger partial charge in [0.05, 0.1) is 5.41 Å². The van der Waals surface area contributed by atoms with E-state index >= 15 is 0 Å². The minimum absolute atomic E-state index is 0.210. The second-order valence-corrected chi connectivity index (χ2v) is 11.8. The monoisotopic (exact) mass is 536 g/mol. The number of hydrogen-bond donors (Lipinski definition) is 2. The van der Waals surface area contributed by atoms with Gasteiger partial charge in [-0.3, -0.25) is 4.79 Å². The van der Waals surface area contributed by atoms with Gasteiger partial charge in [-0.2, -0.15) is 0 Å². The molecular formula is C37H48N2O. The van der Waals surface area contributed by atoms with Gasteiger partial charge in [0.25, 0.3) is 0 Å². The maximum Gasteiger partial charge on any atom is 0.228 e. The quantitative estimate of drug-likeness (QED) is 0.270. The van der Waals surface area contributed by atoms with E-state index < -0.39 is 0 Å². The van der Waals surface area contributed by atoms with Crippen molar-refractivity contribution in [2.24, 2.45) is 23.2 Å². The zero-order chi connectivity index (χ0) is 28.2. The molecule has 2 N–H and O–H groups in total.